The Morgan fingerprint density at radius 1 is 0.524 bits per heavy atom. The molecule has 0 amide bonds. The van der Waals surface area contributed by atoms with E-state index >= 15 is 0 Å². The van der Waals surface area contributed by atoms with Gasteiger partial charge in [0, 0.05) is 53.2 Å². The largest absolute Gasteiger partial charge is 0.396 e. The van der Waals surface area contributed by atoms with Gasteiger partial charge in [0.15, 0.2) is 0 Å². The van der Waals surface area contributed by atoms with E-state index in [1.807, 2.05) is 0 Å². The molecule has 132 valence electrons. The Kier molecular flexibility index (Phi) is 51.3. The number of hydrogen-bond acceptors (Lipinski definition) is 5. The molecule has 0 rings (SSSR count). The number of unbranched alkanes of at least 4 members (excludes halogenated alkanes) is 3. The van der Waals surface area contributed by atoms with Crippen LogP contribution in [-0.2, 0) is 21.7 Å². The SMILES string of the molecule is CC(C)O.CC(C)O.CC(C)O.OCCCCCCO.[Ti]. The molecule has 21 heavy (non-hydrogen) atoms. The third kappa shape index (κ3) is 231. The van der Waals surface area contributed by atoms with Crippen LogP contribution >= 0.6 is 0 Å². The van der Waals surface area contributed by atoms with Crippen molar-refractivity contribution in [3.05, 3.63) is 0 Å². The van der Waals surface area contributed by atoms with Gasteiger partial charge in [-0.15, -0.1) is 0 Å². The molecule has 0 atom stereocenters. The van der Waals surface area contributed by atoms with Gasteiger partial charge in [-0.05, 0) is 54.4 Å². The van der Waals surface area contributed by atoms with Crippen LogP contribution in [0.25, 0.3) is 0 Å². The van der Waals surface area contributed by atoms with Crippen molar-refractivity contribution in [2.24, 2.45) is 0 Å². The Bertz CT molecular complexity index is 105. The van der Waals surface area contributed by atoms with Gasteiger partial charge in [-0.1, -0.05) is 12.8 Å². The van der Waals surface area contributed by atoms with Crippen molar-refractivity contribution in [3.8, 4) is 0 Å². The van der Waals surface area contributed by atoms with Crippen molar-refractivity contribution >= 4 is 0 Å². The smallest absolute Gasteiger partial charge is 0.0483 e. The Labute approximate surface area is 146 Å². The van der Waals surface area contributed by atoms with Gasteiger partial charge in [-0.25, -0.2) is 0 Å². The molecule has 0 saturated heterocycles. The predicted octanol–water partition coefficient (Wildman–Crippen LogP) is 1.69. The number of rotatable bonds is 5. The molecular formula is C15H38O5Ti. The van der Waals surface area contributed by atoms with E-state index in [4.69, 9.17) is 25.5 Å². The second-order valence-corrected chi connectivity index (χ2v) is 5.14. The van der Waals surface area contributed by atoms with Crippen molar-refractivity contribution in [3.63, 3.8) is 0 Å². The molecule has 0 unspecified atom stereocenters. The molecule has 0 aromatic heterocycles. The Morgan fingerprint density at radius 3 is 0.762 bits per heavy atom. The number of aliphatic hydroxyl groups is 5. The van der Waals surface area contributed by atoms with E-state index in [0.29, 0.717) is 0 Å². The van der Waals surface area contributed by atoms with E-state index in [9.17, 15) is 0 Å². The van der Waals surface area contributed by atoms with Crippen molar-refractivity contribution in [2.75, 3.05) is 13.2 Å². The molecule has 0 aromatic carbocycles. The molecule has 0 saturated carbocycles. The van der Waals surface area contributed by atoms with Crippen LogP contribution in [0.3, 0.4) is 0 Å². The molecule has 0 aliphatic heterocycles. The molecule has 0 aromatic rings. The summed E-state index contributed by atoms with van der Waals surface area (Å²) in [6, 6.07) is 0. The van der Waals surface area contributed by atoms with Crippen LogP contribution in [0.2, 0.25) is 0 Å². The fraction of sp³-hybridized carbons (Fsp3) is 1.00. The minimum Gasteiger partial charge on any atom is -0.396 e. The third-order valence-corrected chi connectivity index (χ3v) is 1.07. The number of hydrogen-bond donors (Lipinski definition) is 5. The molecule has 0 heterocycles. The molecule has 5 N–H and O–H groups in total. The zero-order valence-corrected chi connectivity index (χ0v) is 16.3. The first-order valence-electron chi connectivity index (χ1n) is 7.37. The maximum Gasteiger partial charge on any atom is 0.0483 e. The minimum atomic E-state index is -0.167. The van der Waals surface area contributed by atoms with Crippen molar-refractivity contribution in [1.29, 1.82) is 0 Å². The van der Waals surface area contributed by atoms with Crippen LogP contribution in [0.1, 0.15) is 67.2 Å². The molecule has 5 nitrogen and oxygen atoms in total. The van der Waals surface area contributed by atoms with E-state index in [1.165, 1.54) is 0 Å². The summed E-state index contributed by atoms with van der Waals surface area (Å²) in [7, 11) is 0. The summed E-state index contributed by atoms with van der Waals surface area (Å²) in [4.78, 5) is 0. The summed E-state index contributed by atoms with van der Waals surface area (Å²) in [6.45, 7) is 10.9. The second kappa shape index (κ2) is 32.5. The Balaban J connectivity index is -0.0000000570. The first kappa shape index (κ1) is 33.2. The van der Waals surface area contributed by atoms with Crippen LogP contribution in [-0.4, -0.2) is 57.1 Å². The van der Waals surface area contributed by atoms with E-state index in [2.05, 4.69) is 0 Å². The van der Waals surface area contributed by atoms with Gasteiger partial charge in [0.25, 0.3) is 0 Å². The fourth-order valence-corrected chi connectivity index (χ4v) is 0.577. The molecule has 0 aliphatic carbocycles. The first-order valence-corrected chi connectivity index (χ1v) is 7.37. The molecular weight excluding hydrogens is 308 g/mol. The van der Waals surface area contributed by atoms with E-state index in [1.54, 1.807) is 41.5 Å². The molecule has 0 aliphatic rings. The van der Waals surface area contributed by atoms with Crippen LogP contribution in [0.5, 0.6) is 0 Å². The molecule has 0 bridgehead atoms. The maximum absolute atomic E-state index is 8.30. The summed E-state index contributed by atoms with van der Waals surface area (Å²) in [5, 5.41) is 40.8. The zero-order valence-electron chi connectivity index (χ0n) is 14.7. The standard InChI is InChI=1S/C6H14O2.3C3H8O.Ti/c7-5-3-1-2-4-6-8;3*1-3(2)4;/h7-8H,1-6H2;3*3-4H,1-2H3;. The summed E-state index contributed by atoms with van der Waals surface area (Å²) in [5.74, 6) is 0. The summed E-state index contributed by atoms with van der Waals surface area (Å²) >= 11 is 0. The minimum absolute atomic E-state index is 0. The predicted molar refractivity (Wildman–Crippen MR) is 84.7 cm³/mol. The number of aliphatic hydroxyl groups excluding tert-OH is 5. The monoisotopic (exact) mass is 346 g/mol. The molecule has 0 spiro atoms. The van der Waals surface area contributed by atoms with Gasteiger partial charge in [0.1, 0.15) is 0 Å². The molecule has 0 radical (unpaired) electrons. The van der Waals surface area contributed by atoms with Gasteiger partial charge in [-0.3, -0.25) is 0 Å². The van der Waals surface area contributed by atoms with Crippen LogP contribution in [0, 0.1) is 0 Å². The Morgan fingerprint density at radius 2 is 0.667 bits per heavy atom. The first-order chi connectivity index (χ1) is 9.11. The van der Waals surface area contributed by atoms with Crippen LogP contribution < -0.4 is 0 Å². The van der Waals surface area contributed by atoms with Gasteiger partial charge in [-0.2, -0.15) is 0 Å². The van der Waals surface area contributed by atoms with E-state index in [-0.39, 0.29) is 53.2 Å². The van der Waals surface area contributed by atoms with E-state index in [0.717, 1.165) is 25.7 Å². The topological polar surface area (TPSA) is 101 Å². The maximum atomic E-state index is 8.30. The van der Waals surface area contributed by atoms with Gasteiger partial charge >= 0.3 is 0 Å². The summed E-state index contributed by atoms with van der Waals surface area (Å²) in [6.07, 6.45) is 3.33. The van der Waals surface area contributed by atoms with Crippen molar-refractivity contribution in [2.45, 2.75) is 85.5 Å². The van der Waals surface area contributed by atoms with Crippen LogP contribution in [0.15, 0.2) is 0 Å². The van der Waals surface area contributed by atoms with Gasteiger partial charge in [0.05, 0.1) is 0 Å². The average Bonchev–Trinajstić information content (AvgIpc) is 2.22. The summed E-state index contributed by atoms with van der Waals surface area (Å²) < 4.78 is 0. The average molecular weight is 346 g/mol. The zero-order chi connectivity index (χ0) is 17.0. The van der Waals surface area contributed by atoms with Crippen molar-refractivity contribution < 1.29 is 47.3 Å². The Hall–Kier alpha value is 0.514. The van der Waals surface area contributed by atoms with Crippen LogP contribution in [0.4, 0.5) is 0 Å². The quantitative estimate of drug-likeness (QED) is 0.385. The van der Waals surface area contributed by atoms with E-state index < -0.39 is 0 Å². The third-order valence-electron chi connectivity index (χ3n) is 1.07. The molecule has 0 fully saturated rings. The normalized spacial score (nSPS) is 8.86. The second-order valence-electron chi connectivity index (χ2n) is 5.14. The fourth-order valence-electron chi connectivity index (χ4n) is 0.577. The molecule has 6 heteroatoms. The summed E-state index contributed by atoms with van der Waals surface area (Å²) in [5.41, 5.74) is 0. The van der Waals surface area contributed by atoms with Crippen molar-refractivity contribution in [1.82, 2.24) is 0 Å². The van der Waals surface area contributed by atoms with Gasteiger partial charge in [0.2, 0.25) is 0 Å². The van der Waals surface area contributed by atoms with Gasteiger partial charge < -0.3 is 25.5 Å².